The SMILES string of the molecule is CCOC(=O)CN1CCN(c2ccc(C=O)cc2)CC1. The Morgan fingerprint density at radius 3 is 2.40 bits per heavy atom. The van der Waals surface area contributed by atoms with E-state index in [0.717, 1.165) is 38.2 Å². The predicted molar refractivity (Wildman–Crippen MR) is 77.1 cm³/mol. The van der Waals surface area contributed by atoms with Crippen LogP contribution in [0.5, 0.6) is 0 Å². The summed E-state index contributed by atoms with van der Waals surface area (Å²) in [6.07, 6.45) is 0.848. The molecule has 1 aliphatic heterocycles. The lowest BCUT2D eigenvalue weighted by Gasteiger charge is -2.35. The van der Waals surface area contributed by atoms with Crippen molar-refractivity contribution in [3.05, 3.63) is 29.8 Å². The molecule has 2 rings (SSSR count). The van der Waals surface area contributed by atoms with Gasteiger partial charge in [0.15, 0.2) is 0 Å². The number of hydrogen-bond acceptors (Lipinski definition) is 5. The normalized spacial score (nSPS) is 15.9. The summed E-state index contributed by atoms with van der Waals surface area (Å²) < 4.78 is 4.95. The Kier molecular flexibility index (Phi) is 5.12. The van der Waals surface area contributed by atoms with Gasteiger partial charge in [0.1, 0.15) is 6.29 Å². The summed E-state index contributed by atoms with van der Waals surface area (Å²) in [5, 5.41) is 0. The van der Waals surface area contributed by atoms with Gasteiger partial charge in [0.25, 0.3) is 0 Å². The monoisotopic (exact) mass is 276 g/mol. The second-order valence-corrected chi connectivity index (χ2v) is 4.78. The Balaban J connectivity index is 1.84. The number of carbonyl (C=O) groups is 2. The molecule has 0 unspecified atom stereocenters. The smallest absolute Gasteiger partial charge is 0.320 e. The number of piperazine rings is 1. The van der Waals surface area contributed by atoms with Crippen LogP contribution < -0.4 is 4.90 Å². The Bertz CT molecular complexity index is 451. The minimum atomic E-state index is -0.156. The van der Waals surface area contributed by atoms with E-state index in [4.69, 9.17) is 4.74 Å². The molecule has 1 saturated heterocycles. The van der Waals surface area contributed by atoms with Gasteiger partial charge in [0, 0.05) is 37.4 Å². The van der Waals surface area contributed by atoms with Gasteiger partial charge in [-0.05, 0) is 31.2 Å². The van der Waals surface area contributed by atoms with E-state index in [1.807, 2.05) is 31.2 Å². The molecule has 5 heteroatoms. The number of aldehydes is 1. The third-order valence-electron chi connectivity index (χ3n) is 3.42. The van der Waals surface area contributed by atoms with Crippen LogP contribution >= 0.6 is 0 Å². The largest absolute Gasteiger partial charge is 0.465 e. The number of ether oxygens (including phenoxy) is 1. The number of carbonyl (C=O) groups excluding carboxylic acids is 2. The quantitative estimate of drug-likeness (QED) is 0.597. The molecule has 0 saturated carbocycles. The molecule has 1 aliphatic rings. The number of anilines is 1. The first-order valence-electron chi connectivity index (χ1n) is 6.91. The maximum Gasteiger partial charge on any atom is 0.320 e. The summed E-state index contributed by atoms with van der Waals surface area (Å²) in [7, 11) is 0. The molecule has 0 aliphatic carbocycles. The maximum atomic E-state index is 11.4. The highest BCUT2D eigenvalue weighted by molar-refractivity contribution is 5.75. The zero-order valence-corrected chi connectivity index (χ0v) is 11.7. The van der Waals surface area contributed by atoms with E-state index in [-0.39, 0.29) is 5.97 Å². The molecule has 0 radical (unpaired) electrons. The lowest BCUT2D eigenvalue weighted by Crippen LogP contribution is -2.48. The second-order valence-electron chi connectivity index (χ2n) is 4.78. The number of rotatable bonds is 5. The highest BCUT2D eigenvalue weighted by atomic mass is 16.5. The third kappa shape index (κ3) is 3.81. The van der Waals surface area contributed by atoms with Gasteiger partial charge in [0.05, 0.1) is 13.2 Å². The first-order valence-corrected chi connectivity index (χ1v) is 6.91. The summed E-state index contributed by atoms with van der Waals surface area (Å²) in [4.78, 5) is 26.4. The van der Waals surface area contributed by atoms with Crippen molar-refractivity contribution in [1.82, 2.24) is 4.90 Å². The maximum absolute atomic E-state index is 11.4. The van der Waals surface area contributed by atoms with Gasteiger partial charge >= 0.3 is 5.97 Å². The fourth-order valence-corrected chi connectivity index (χ4v) is 2.32. The van der Waals surface area contributed by atoms with E-state index in [1.165, 1.54) is 0 Å². The van der Waals surface area contributed by atoms with Crippen LogP contribution in [0.4, 0.5) is 5.69 Å². The Morgan fingerprint density at radius 2 is 1.85 bits per heavy atom. The van der Waals surface area contributed by atoms with Crippen LogP contribution in [0, 0.1) is 0 Å². The molecule has 0 aromatic heterocycles. The Labute approximate surface area is 119 Å². The van der Waals surface area contributed by atoms with E-state index in [0.29, 0.717) is 18.7 Å². The molecular formula is C15H20N2O3. The average molecular weight is 276 g/mol. The third-order valence-corrected chi connectivity index (χ3v) is 3.42. The van der Waals surface area contributed by atoms with Crippen LogP contribution in [0.15, 0.2) is 24.3 Å². The molecule has 1 heterocycles. The molecule has 0 amide bonds. The zero-order chi connectivity index (χ0) is 14.4. The summed E-state index contributed by atoms with van der Waals surface area (Å²) in [6, 6.07) is 7.58. The van der Waals surface area contributed by atoms with Crippen molar-refractivity contribution >= 4 is 17.9 Å². The predicted octanol–water partition coefficient (Wildman–Crippen LogP) is 1.18. The fourth-order valence-electron chi connectivity index (χ4n) is 2.32. The van der Waals surface area contributed by atoms with Crippen molar-refractivity contribution in [3.8, 4) is 0 Å². The van der Waals surface area contributed by atoms with Crippen LogP contribution in [0.3, 0.4) is 0 Å². The summed E-state index contributed by atoms with van der Waals surface area (Å²) >= 11 is 0. The molecule has 0 spiro atoms. The minimum absolute atomic E-state index is 0.156. The molecule has 0 atom stereocenters. The summed E-state index contributed by atoms with van der Waals surface area (Å²) in [6.45, 7) is 6.05. The number of esters is 1. The highest BCUT2D eigenvalue weighted by Crippen LogP contribution is 2.16. The minimum Gasteiger partial charge on any atom is -0.465 e. The molecule has 0 N–H and O–H groups in total. The topological polar surface area (TPSA) is 49.9 Å². The Morgan fingerprint density at radius 1 is 1.20 bits per heavy atom. The van der Waals surface area contributed by atoms with E-state index in [9.17, 15) is 9.59 Å². The van der Waals surface area contributed by atoms with E-state index < -0.39 is 0 Å². The molecule has 1 fully saturated rings. The van der Waals surface area contributed by atoms with E-state index in [2.05, 4.69) is 9.80 Å². The van der Waals surface area contributed by atoms with Gasteiger partial charge < -0.3 is 9.64 Å². The molecule has 5 nitrogen and oxygen atoms in total. The number of hydrogen-bond donors (Lipinski definition) is 0. The molecule has 108 valence electrons. The van der Waals surface area contributed by atoms with Crippen LogP contribution in [-0.4, -0.2) is 56.5 Å². The van der Waals surface area contributed by atoms with E-state index in [1.54, 1.807) is 0 Å². The van der Waals surface area contributed by atoms with Gasteiger partial charge in [-0.25, -0.2) is 0 Å². The summed E-state index contributed by atoms with van der Waals surface area (Å²) in [5.41, 5.74) is 1.81. The van der Waals surface area contributed by atoms with Gasteiger partial charge in [0.2, 0.25) is 0 Å². The number of benzene rings is 1. The van der Waals surface area contributed by atoms with Crippen molar-refractivity contribution < 1.29 is 14.3 Å². The van der Waals surface area contributed by atoms with Crippen molar-refractivity contribution in [2.45, 2.75) is 6.92 Å². The zero-order valence-electron chi connectivity index (χ0n) is 11.7. The van der Waals surface area contributed by atoms with Crippen LogP contribution in [-0.2, 0) is 9.53 Å². The lowest BCUT2D eigenvalue weighted by molar-refractivity contribution is -0.144. The first kappa shape index (κ1) is 14.5. The van der Waals surface area contributed by atoms with Crippen molar-refractivity contribution in [2.24, 2.45) is 0 Å². The van der Waals surface area contributed by atoms with Gasteiger partial charge in [-0.3, -0.25) is 14.5 Å². The fraction of sp³-hybridized carbons (Fsp3) is 0.467. The summed E-state index contributed by atoms with van der Waals surface area (Å²) in [5.74, 6) is -0.156. The Hall–Kier alpha value is -1.88. The standard InChI is InChI=1S/C15H20N2O3/c1-2-20-15(19)11-16-7-9-17(10-8-16)14-5-3-13(12-18)4-6-14/h3-6,12H,2,7-11H2,1H3. The molecular weight excluding hydrogens is 256 g/mol. The van der Waals surface area contributed by atoms with Crippen molar-refractivity contribution in [3.63, 3.8) is 0 Å². The van der Waals surface area contributed by atoms with Gasteiger partial charge in [-0.15, -0.1) is 0 Å². The average Bonchev–Trinajstić information content (AvgIpc) is 2.48. The number of nitrogens with zero attached hydrogens (tertiary/aromatic N) is 2. The van der Waals surface area contributed by atoms with Crippen LogP contribution in [0.2, 0.25) is 0 Å². The van der Waals surface area contributed by atoms with Gasteiger partial charge in [-0.2, -0.15) is 0 Å². The first-order chi connectivity index (χ1) is 9.72. The molecule has 20 heavy (non-hydrogen) atoms. The molecule has 0 bridgehead atoms. The molecule has 1 aromatic rings. The van der Waals surface area contributed by atoms with Crippen LogP contribution in [0.1, 0.15) is 17.3 Å². The van der Waals surface area contributed by atoms with Crippen molar-refractivity contribution in [1.29, 1.82) is 0 Å². The lowest BCUT2D eigenvalue weighted by atomic mass is 10.2. The van der Waals surface area contributed by atoms with Crippen LogP contribution in [0.25, 0.3) is 0 Å². The van der Waals surface area contributed by atoms with Gasteiger partial charge in [-0.1, -0.05) is 0 Å². The molecule has 1 aromatic carbocycles. The second kappa shape index (κ2) is 7.05. The highest BCUT2D eigenvalue weighted by Gasteiger charge is 2.19. The van der Waals surface area contributed by atoms with E-state index >= 15 is 0 Å². The van der Waals surface area contributed by atoms with Crippen molar-refractivity contribution in [2.75, 3.05) is 44.2 Å².